The van der Waals surface area contributed by atoms with Crippen LogP contribution in [0.5, 0.6) is 0 Å². The van der Waals surface area contributed by atoms with Crippen LogP contribution in [0.15, 0.2) is 18.3 Å². The SMILES string of the molecule is O=C(N1CC(c2ccc(N3CC(O)(C(F)(F)F)C3)nc2)C1)N1CC2(CC(c3n[nH]c(C4CC4)n3)C2)C1. The summed E-state index contributed by atoms with van der Waals surface area (Å²) in [6.45, 7) is 1.80. The van der Waals surface area contributed by atoms with Crippen LogP contribution in [-0.4, -0.2) is 92.1 Å². The largest absolute Gasteiger partial charge is 0.420 e. The Morgan fingerprint density at radius 2 is 1.75 bits per heavy atom. The molecule has 3 saturated heterocycles. The summed E-state index contributed by atoms with van der Waals surface area (Å²) in [5, 5.41) is 17.1. The zero-order valence-corrected chi connectivity index (χ0v) is 19.7. The molecule has 2 aromatic heterocycles. The Morgan fingerprint density at radius 3 is 2.36 bits per heavy atom. The second-order valence-electron chi connectivity index (χ2n) is 11.5. The number of aromatic nitrogens is 4. The zero-order chi connectivity index (χ0) is 24.9. The Hall–Kier alpha value is -2.89. The number of pyridine rings is 1. The average molecular weight is 504 g/mol. The van der Waals surface area contributed by atoms with Gasteiger partial charge in [0.2, 0.25) is 0 Å². The molecule has 3 aliphatic heterocycles. The molecule has 1 spiro atoms. The molecular weight excluding hydrogens is 475 g/mol. The van der Waals surface area contributed by atoms with E-state index < -0.39 is 24.9 Å². The molecule has 0 unspecified atom stereocenters. The summed E-state index contributed by atoms with van der Waals surface area (Å²) in [4.78, 5) is 27.0. The summed E-state index contributed by atoms with van der Waals surface area (Å²) in [6, 6.07) is 3.61. The molecule has 2 saturated carbocycles. The highest BCUT2D eigenvalue weighted by atomic mass is 19.4. The maximum atomic E-state index is 12.9. The number of nitrogens with zero attached hydrogens (tertiary/aromatic N) is 6. The van der Waals surface area contributed by atoms with Gasteiger partial charge in [-0.25, -0.2) is 14.8 Å². The maximum Gasteiger partial charge on any atom is 0.420 e. The number of likely N-dealkylation sites (tertiary alicyclic amines) is 2. The number of urea groups is 1. The van der Waals surface area contributed by atoms with Crippen LogP contribution in [0.25, 0.3) is 0 Å². The predicted molar refractivity (Wildman–Crippen MR) is 122 cm³/mol. The first kappa shape index (κ1) is 22.3. The molecule has 0 atom stereocenters. The first-order chi connectivity index (χ1) is 17.1. The summed E-state index contributed by atoms with van der Waals surface area (Å²) in [7, 11) is 0. The van der Waals surface area contributed by atoms with E-state index in [1.54, 1.807) is 12.3 Å². The van der Waals surface area contributed by atoms with Gasteiger partial charge < -0.3 is 19.8 Å². The number of β-amino-alcohol motifs (C(OH)–C–C–N with tert-alkyl or cyclic N) is 1. The van der Waals surface area contributed by atoms with Crippen molar-refractivity contribution in [2.24, 2.45) is 5.41 Å². The van der Waals surface area contributed by atoms with Crippen LogP contribution >= 0.6 is 0 Å². The fourth-order valence-corrected chi connectivity index (χ4v) is 6.13. The number of aliphatic hydroxyl groups is 1. The van der Waals surface area contributed by atoms with Crippen molar-refractivity contribution in [3.05, 3.63) is 35.5 Å². The molecule has 2 aliphatic carbocycles. The number of halogens is 3. The number of hydrogen-bond donors (Lipinski definition) is 2. The molecule has 2 aromatic rings. The summed E-state index contributed by atoms with van der Waals surface area (Å²) in [5.74, 6) is 3.53. The first-order valence-corrected chi connectivity index (χ1v) is 12.6. The molecule has 0 bridgehead atoms. The van der Waals surface area contributed by atoms with Crippen molar-refractivity contribution in [3.8, 4) is 0 Å². The third-order valence-electron chi connectivity index (χ3n) is 8.68. The Bertz CT molecular complexity index is 1170. The lowest BCUT2D eigenvalue weighted by atomic mass is 9.57. The van der Waals surface area contributed by atoms with Crippen LogP contribution < -0.4 is 4.90 Å². The smallest absolute Gasteiger partial charge is 0.378 e. The van der Waals surface area contributed by atoms with E-state index in [4.69, 9.17) is 0 Å². The van der Waals surface area contributed by atoms with Crippen molar-refractivity contribution in [2.75, 3.05) is 44.2 Å². The van der Waals surface area contributed by atoms with E-state index in [0.717, 1.165) is 43.1 Å². The highest BCUT2D eigenvalue weighted by Crippen LogP contribution is 2.56. The van der Waals surface area contributed by atoms with Crippen LogP contribution in [0.4, 0.5) is 23.8 Å². The molecular formula is C24H28F3N7O2. The highest BCUT2D eigenvalue weighted by Gasteiger charge is 2.61. The topological polar surface area (TPSA) is 101 Å². The van der Waals surface area contributed by atoms with Crippen molar-refractivity contribution in [1.82, 2.24) is 30.0 Å². The van der Waals surface area contributed by atoms with Crippen molar-refractivity contribution < 1.29 is 23.1 Å². The monoisotopic (exact) mass is 503 g/mol. The van der Waals surface area contributed by atoms with Crippen molar-refractivity contribution in [3.63, 3.8) is 0 Å². The zero-order valence-electron chi connectivity index (χ0n) is 19.7. The third-order valence-corrected chi connectivity index (χ3v) is 8.68. The molecule has 36 heavy (non-hydrogen) atoms. The summed E-state index contributed by atoms with van der Waals surface area (Å²) in [6.07, 6.45) is 1.51. The number of rotatable bonds is 4. The van der Waals surface area contributed by atoms with Gasteiger partial charge >= 0.3 is 12.2 Å². The number of H-pyrrole nitrogens is 1. The number of anilines is 1. The normalized spacial score (nSPS) is 25.3. The van der Waals surface area contributed by atoms with Gasteiger partial charge in [-0.05, 0) is 37.3 Å². The van der Waals surface area contributed by atoms with Gasteiger partial charge in [0.05, 0.1) is 13.1 Å². The van der Waals surface area contributed by atoms with E-state index in [-0.39, 0.29) is 17.4 Å². The van der Waals surface area contributed by atoms with Gasteiger partial charge in [-0.15, -0.1) is 0 Å². The number of carbonyl (C=O) groups excluding carboxylic acids is 1. The minimum Gasteiger partial charge on any atom is -0.378 e. The van der Waals surface area contributed by atoms with E-state index in [2.05, 4.69) is 20.2 Å². The van der Waals surface area contributed by atoms with Crippen molar-refractivity contribution >= 4 is 11.8 Å². The first-order valence-electron chi connectivity index (χ1n) is 12.6. The van der Waals surface area contributed by atoms with Gasteiger partial charge in [0.15, 0.2) is 11.4 Å². The highest BCUT2D eigenvalue weighted by molar-refractivity contribution is 5.77. The number of nitrogens with one attached hydrogen (secondary N) is 1. The summed E-state index contributed by atoms with van der Waals surface area (Å²) >= 11 is 0. The molecule has 9 nitrogen and oxygen atoms in total. The van der Waals surface area contributed by atoms with E-state index in [1.807, 2.05) is 15.9 Å². The Morgan fingerprint density at radius 1 is 1.03 bits per heavy atom. The lowest BCUT2D eigenvalue weighted by molar-refractivity contribution is -0.267. The van der Waals surface area contributed by atoms with Crippen LogP contribution in [0.2, 0.25) is 0 Å². The van der Waals surface area contributed by atoms with Crippen molar-refractivity contribution in [1.29, 1.82) is 0 Å². The second kappa shape index (κ2) is 7.33. The quantitative estimate of drug-likeness (QED) is 0.665. The van der Waals surface area contributed by atoms with E-state index in [1.165, 1.54) is 17.7 Å². The van der Waals surface area contributed by atoms with Gasteiger partial charge in [0.1, 0.15) is 11.6 Å². The maximum absolute atomic E-state index is 12.9. The molecule has 0 aromatic carbocycles. The van der Waals surface area contributed by atoms with Gasteiger partial charge in [-0.2, -0.15) is 18.3 Å². The number of aromatic amines is 1. The minimum atomic E-state index is -4.64. The molecule has 192 valence electrons. The number of hydrogen-bond acceptors (Lipinski definition) is 6. The van der Waals surface area contributed by atoms with Gasteiger partial charge in [0, 0.05) is 55.5 Å². The molecule has 12 heteroatoms. The molecule has 5 fully saturated rings. The van der Waals surface area contributed by atoms with Crippen LogP contribution in [-0.2, 0) is 0 Å². The lowest BCUT2D eigenvalue weighted by Crippen LogP contribution is -2.69. The summed E-state index contributed by atoms with van der Waals surface area (Å²) < 4.78 is 38.5. The van der Waals surface area contributed by atoms with Gasteiger partial charge in [0.25, 0.3) is 0 Å². The molecule has 0 radical (unpaired) electrons. The Kier molecular flexibility index (Phi) is 4.54. The van der Waals surface area contributed by atoms with Crippen LogP contribution in [0.3, 0.4) is 0 Å². The van der Waals surface area contributed by atoms with E-state index in [9.17, 15) is 23.1 Å². The van der Waals surface area contributed by atoms with Gasteiger partial charge in [-0.3, -0.25) is 5.10 Å². The Balaban J connectivity index is 0.863. The standard InChI is InChI=1S/C24H28F3N7O2/c25-24(26,27)23(36)12-33(13-23)18-4-3-15(7-28-18)17-8-32(9-17)21(35)34-10-22(11-34)5-16(6-22)20-29-19(30-31-20)14-1-2-14/h3-4,7,14,16-17,36H,1-2,5-6,8-13H2,(H,29,30,31). The molecule has 2 amide bonds. The molecule has 5 heterocycles. The summed E-state index contributed by atoms with van der Waals surface area (Å²) in [5.41, 5.74) is -1.47. The Labute approximate surface area is 205 Å². The van der Waals surface area contributed by atoms with Gasteiger partial charge in [-0.1, -0.05) is 6.07 Å². The molecule has 2 N–H and O–H groups in total. The number of amides is 2. The third kappa shape index (κ3) is 3.47. The molecule has 7 rings (SSSR count). The average Bonchev–Trinajstić information content (AvgIpc) is 3.46. The van der Waals surface area contributed by atoms with Crippen LogP contribution in [0.1, 0.15) is 60.6 Å². The van der Waals surface area contributed by atoms with E-state index in [0.29, 0.717) is 30.7 Å². The molecule has 5 aliphatic rings. The number of carbonyl (C=O) groups is 1. The fraction of sp³-hybridized carbons (Fsp3) is 0.667. The van der Waals surface area contributed by atoms with Crippen molar-refractivity contribution in [2.45, 2.75) is 55.2 Å². The van der Waals surface area contributed by atoms with E-state index >= 15 is 0 Å². The van der Waals surface area contributed by atoms with Crippen LogP contribution in [0, 0.1) is 5.41 Å². The lowest BCUT2D eigenvalue weighted by Gasteiger charge is -2.59. The number of alkyl halides is 3. The predicted octanol–water partition coefficient (Wildman–Crippen LogP) is 2.59. The second-order valence-corrected chi connectivity index (χ2v) is 11.5. The minimum absolute atomic E-state index is 0.0748. The fourth-order valence-electron chi connectivity index (χ4n) is 6.13.